The van der Waals surface area contributed by atoms with Crippen molar-refractivity contribution >= 4 is 22.2 Å². The van der Waals surface area contributed by atoms with E-state index in [1.807, 2.05) is 0 Å². The summed E-state index contributed by atoms with van der Waals surface area (Å²) in [7, 11) is 0. The topological polar surface area (TPSA) is 130 Å². The number of alkyl halides is 12. The first-order valence-corrected chi connectivity index (χ1v) is 8.90. The van der Waals surface area contributed by atoms with E-state index in [1.54, 1.807) is 0 Å². The summed E-state index contributed by atoms with van der Waals surface area (Å²) in [5.41, 5.74) is -14.1. The minimum atomic E-state index is -6.24. The van der Waals surface area contributed by atoms with E-state index in [0.29, 0.717) is 0 Å². The summed E-state index contributed by atoms with van der Waals surface area (Å²) in [4.78, 5) is 5.13. The van der Waals surface area contributed by atoms with Gasteiger partial charge in [-0.3, -0.25) is 8.80 Å². The van der Waals surface area contributed by atoms with E-state index >= 15 is 0 Å². The maximum absolute atomic E-state index is 14.2. The molecule has 0 spiro atoms. The number of rotatable bonds is 0. The van der Waals surface area contributed by atoms with Crippen LogP contribution in [0.4, 0.5) is 52.7 Å². The van der Waals surface area contributed by atoms with Gasteiger partial charge in [-0.1, -0.05) is 0 Å². The second-order valence-corrected chi connectivity index (χ2v) is 6.82. The summed E-state index contributed by atoms with van der Waals surface area (Å²) in [6.45, 7) is 0. The minimum absolute atomic E-state index is 0.823. The zero-order valence-corrected chi connectivity index (χ0v) is 17.1. The molecule has 3 aromatic rings. The van der Waals surface area contributed by atoms with Gasteiger partial charge in [0.1, 0.15) is 46.0 Å². The van der Waals surface area contributed by atoms with Gasteiger partial charge in [0.2, 0.25) is 11.6 Å². The van der Waals surface area contributed by atoms with Gasteiger partial charge in [-0.15, -0.1) is 0 Å². The lowest BCUT2D eigenvalue weighted by Gasteiger charge is -2.20. The fourth-order valence-corrected chi connectivity index (χ4v) is 3.44. The third-order valence-corrected chi connectivity index (χ3v) is 4.62. The van der Waals surface area contributed by atoms with E-state index < -0.39 is 89.4 Å². The SMILES string of the molecule is N#CC(C#N)=c1nc(C(F)(F)F)n2c(C(F)(F)F)c3c(=C(C#N)C#N)nc(C(F)(F)F)n3c(C(F)(F)F)c12. The van der Waals surface area contributed by atoms with Crippen LogP contribution >= 0.6 is 0 Å². The number of nitrogens with zero attached hydrogens (tertiary/aromatic N) is 8. The van der Waals surface area contributed by atoms with Crippen LogP contribution in [-0.2, 0) is 24.7 Å². The lowest BCUT2D eigenvalue weighted by molar-refractivity contribution is -0.158. The molecule has 0 aliphatic carbocycles. The maximum atomic E-state index is 14.2. The van der Waals surface area contributed by atoms with Crippen LogP contribution in [0.5, 0.6) is 0 Å². The molecule has 38 heavy (non-hydrogen) atoms. The van der Waals surface area contributed by atoms with Gasteiger partial charge >= 0.3 is 24.7 Å². The highest BCUT2D eigenvalue weighted by Gasteiger charge is 2.51. The third kappa shape index (κ3) is 4.06. The zero-order valence-electron chi connectivity index (χ0n) is 17.1. The van der Waals surface area contributed by atoms with Crippen molar-refractivity contribution in [1.29, 1.82) is 21.0 Å². The Hall–Kier alpha value is -4.98. The van der Waals surface area contributed by atoms with E-state index in [-0.39, 0.29) is 0 Å². The fraction of sp³-hybridized carbons (Fsp3) is 0.222. The number of hydrogen-bond donors (Lipinski definition) is 0. The molecule has 3 rings (SSSR count). The molecule has 0 aliphatic rings. The Kier molecular flexibility index (Phi) is 6.01. The number of halogens is 12. The summed E-state index contributed by atoms with van der Waals surface area (Å²) in [5, 5.41) is 32.0. The molecule has 196 valence electrons. The molecule has 0 saturated heterocycles. The summed E-state index contributed by atoms with van der Waals surface area (Å²) in [5.74, 6) is -5.64. The first kappa shape index (κ1) is 27.6. The van der Waals surface area contributed by atoms with Gasteiger partial charge in [0.15, 0.2) is 22.5 Å². The number of hydrogen-bond acceptors (Lipinski definition) is 6. The van der Waals surface area contributed by atoms with Gasteiger partial charge in [-0.2, -0.15) is 73.7 Å². The molecule has 3 aromatic heterocycles. The fourth-order valence-electron chi connectivity index (χ4n) is 3.44. The molecule has 0 atom stereocenters. The molecule has 0 radical (unpaired) electrons. The number of fused-ring (bicyclic) bond motifs is 2. The molecule has 0 aromatic carbocycles. The Morgan fingerprint density at radius 3 is 0.947 bits per heavy atom. The summed E-state index contributed by atoms with van der Waals surface area (Å²) in [6, 6.07) is 3.29. The first-order valence-electron chi connectivity index (χ1n) is 8.90. The Morgan fingerprint density at radius 2 is 0.763 bits per heavy atom. The molecule has 20 heteroatoms. The first-order chi connectivity index (χ1) is 17.2. The van der Waals surface area contributed by atoms with Crippen LogP contribution in [0.15, 0.2) is 0 Å². The highest BCUT2D eigenvalue weighted by molar-refractivity contribution is 5.81. The Morgan fingerprint density at radius 1 is 0.500 bits per heavy atom. The Bertz CT molecular complexity index is 1630. The number of aromatic nitrogens is 4. The predicted molar refractivity (Wildman–Crippen MR) is 92.5 cm³/mol. The highest BCUT2D eigenvalue weighted by atomic mass is 19.4. The highest BCUT2D eigenvalue weighted by Crippen LogP contribution is 2.43. The van der Waals surface area contributed by atoms with Crippen LogP contribution < -0.4 is 10.7 Å². The molecule has 0 aliphatic heterocycles. The van der Waals surface area contributed by atoms with E-state index in [4.69, 9.17) is 21.0 Å². The van der Waals surface area contributed by atoms with Crippen molar-refractivity contribution in [3.63, 3.8) is 0 Å². The molecular weight excluding hydrogens is 556 g/mol. The Balaban J connectivity index is 3.20. The van der Waals surface area contributed by atoms with E-state index in [9.17, 15) is 52.7 Å². The molecule has 0 saturated carbocycles. The second-order valence-electron chi connectivity index (χ2n) is 6.82. The van der Waals surface area contributed by atoms with Gasteiger partial charge in [0.25, 0.3) is 0 Å². The zero-order chi connectivity index (χ0) is 29.2. The molecule has 0 unspecified atom stereocenters. The van der Waals surface area contributed by atoms with Crippen LogP contribution in [0, 0.1) is 45.3 Å². The second kappa shape index (κ2) is 8.27. The number of nitriles is 4. The molecule has 0 bridgehead atoms. The van der Waals surface area contributed by atoms with Gasteiger partial charge in [-0.25, -0.2) is 9.97 Å². The van der Waals surface area contributed by atoms with E-state index in [1.165, 1.54) is 0 Å². The molecule has 0 N–H and O–H groups in total. The van der Waals surface area contributed by atoms with Crippen molar-refractivity contribution in [2.24, 2.45) is 0 Å². The maximum Gasteiger partial charge on any atom is 0.450 e. The molecule has 3 heterocycles. The van der Waals surface area contributed by atoms with Gasteiger partial charge in [0.05, 0.1) is 0 Å². The van der Waals surface area contributed by atoms with Crippen LogP contribution in [-0.4, -0.2) is 18.8 Å². The van der Waals surface area contributed by atoms with Crippen molar-refractivity contribution in [3.05, 3.63) is 33.7 Å². The van der Waals surface area contributed by atoms with Crippen LogP contribution in [0.25, 0.3) is 22.2 Å². The largest absolute Gasteiger partial charge is 0.450 e. The van der Waals surface area contributed by atoms with Crippen molar-refractivity contribution in [2.75, 3.05) is 0 Å². The minimum Gasteiger partial charge on any atom is -0.280 e. The van der Waals surface area contributed by atoms with Gasteiger partial charge in [0, 0.05) is 0 Å². The van der Waals surface area contributed by atoms with Crippen molar-refractivity contribution in [1.82, 2.24) is 18.8 Å². The lowest BCUT2D eigenvalue weighted by Crippen LogP contribution is -2.27. The van der Waals surface area contributed by atoms with Crippen molar-refractivity contribution < 1.29 is 52.7 Å². The standard InChI is InChI=1S/C18F12N8/c19-15(20,21)11-9-7(5(1-31)2-32)35-13(17(25,26)27)37(9)12(16(22,23)24)10-8(6(3-33)4-34)36-14(38(10)11)18(28,29)30. The van der Waals surface area contributed by atoms with Gasteiger partial charge in [-0.05, 0) is 0 Å². The molecule has 0 fully saturated rings. The van der Waals surface area contributed by atoms with Crippen LogP contribution in [0.2, 0.25) is 0 Å². The van der Waals surface area contributed by atoms with Crippen molar-refractivity contribution in [2.45, 2.75) is 24.7 Å². The predicted octanol–water partition coefficient (Wildman–Crippen LogP) is 3.45. The number of imidazole rings is 2. The summed E-state index contributed by atoms with van der Waals surface area (Å²) in [6.07, 6.45) is -24.6. The van der Waals surface area contributed by atoms with E-state index in [0.717, 1.165) is 24.3 Å². The van der Waals surface area contributed by atoms with Crippen LogP contribution in [0.1, 0.15) is 23.0 Å². The average Bonchev–Trinajstić information content (AvgIpc) is 3.32. The van der Waals surface area contributed by atoms with Gasteiger partial charge < -0.3 is 0 Å². The quantitative estimate of drug-likeness (QED) is 0.390. The Labute approximate surface area is 198 Å². The smallest absolute Gasteiger partial charge is 0.280 e. The summed E-state index contributed by atoms with van der Waals surface area (Å²) >= 11 is 0. The molecule has 8 nitrogen and oxygen atoms in total. The van der Waals surface area contributed by atoms with Crippen molar-refractivity contribution in [3.8, 4) is 24.3 Å². The molecular formula is C18F12N8. The van der Waals surface area contributed by atoms with Crippen LogP contribution in [0.3, 0.4) is 0 Å². The monoisotopic (exact) mass is 556 g/mol. The van der Waals surface area contributed by atoms with E-state index in [2.05, 4.69) is 9.97 Å². The average molecular weight is 556 g/mol. The summed E-state index contributed by atoms with van der Waals surface area (Å²) < 4.78 is 166. The lowest BCUT2D eigenvalue weighted by atomic mass is 10.2. The normalized spacial score (nSPS) is 12.6. The third-order valence-electron chi connectivity index (χ3n) is 4.62. The molecule has 0 amide bonds.